The minimum atomic E-state index is 0.424. The average molecular weight is 517 g/mol. The second kappa shape index (κ2) is 15.1. The van der Waals surface area contributed by atoms with Crippen molar-refractivity contribution in [2.45, 2.75) is 13.8 Å². The van der Waals surface area contributed by atoms with Crippen LogP contribution in [-0.2, 0) is 14.2 Å². The van der Waals surface area contributed by atoms with E-state index < -0.39 is 0 Å². The Labute approximate surface area is 225 Å². The maximum Gasteiger partial charge on any atom is 0.125 e. The van der Waals surface area contributed by atoms with Crippen LogP contribution < -0.4 is 14.2 Å². The Hall–Kier alpha value is -4.32. The highest BCUT2D eigenvalue weighted by atomic mass is 16.5. The third kappa shape index (κ3) is 7.84. The lowest BCUT2D eigenvalue weighted by Gasteiger charge is -2.20. The molecule has 0 spiro atoms. The summed E-state index contributed by atoms with van der Waals surface area (Å²) in [4.78, 5) is 0. The van der Waals surface area contributed by atoms with E-state index in [2.05, 4.69) is 63.9 Å². The lowest BCUT2D eigenvalue weighted by molar-refractivity contribution is 0.178. The molecule has 0 saturated carbocycles. The van der Waals surface area contributed by atoms with E-state index in [1.807, 2.05) is 24.3 Å². The van der Waals surface area contributed by atoms with Crippen molar-refractivity contribution in [3.8, 4) is 39.5 Å². The Morgan fingerprint density at radius 1 is 0.579 bits per heavy atom. The van der Waals surface area contributed by atoms with Crippen LogP contribution in [0, 0.1) is 13.8 Å². The molecule has 0 fully saturated rings. The number of benzene rings is 3. The molecule has 3 aromatic rings. The molecule has 0 heterocycles. The van der Waals surface area contributed by atoms with Gasteiger partial charge in [0.1, 0.15) is 56.9 Å². The molecule has 0 aliphatic carbocycles. The topological polar surface area (TPSA) is 55.4 Å². The number of ether oxygens (including phenoxy) is 6. The molecule has 0 saturated heterocycles. The Bertz CT molecular complexity index is 1180. The van der Waals surface area contributed by atoms with E-state index in [9.17, 15) is 0 Å². The first kappa shape index (κ1) is 28.3. The first-order valence-corrected chi connectivity index (χ1v) is 12.5. The average Bonchev–Trinajstić information content (AvgIpc) is 2.93. The first-order chi connectivity index (χ1) is 18.6. The monoisotopic (exact) mass is 516 g/mol. The molecule has 0 aliphatic rings. The molecule has 0 bridgehead atoms. The molecular formula is C32H36O6. The third-order valence-electron chi connectivity index (χ3n) is 5.75. The second-order valence-corrected chi connectivity index (χ2v) is 8.28. The van der Waals surface area contributed by atoms with Crippen LogP contribution in [0.3, 0.4) is 0 Å². The zero-order valence-corrected chi connectivity index (χ0v) is 22.2. The normalized spacial score (nSPS) is 10.3. The fourth-order valence-electron chi connectivity index (χ4n) is 4.09. The van der Waals surface area contributed by atoms with E-state index in [-0.39, 0.29) is 0 Å². The molecule has 0 radical (unpaired) electrons. The second-order valence-electron chi connectivity index (χ2n) is 8.28. The molecule has 6 heteroatoms. The Morgan fingerprint density at radius 2 is 1.03 bits per heavy atom. The number of rotatable bonds is 17. The molecule has 6 nitrogen and oxygen atoms in total. The van der Waals surface area contributed by atoms with E-state index in [1.165, 1.54) is 18.8 Å². The van der Waals surface area contributed by atoms with Gasteiger partial charge < -0.3 is 28.4 Å². The van der Waals surface area contributed by atoms with Crippen LogP contribution in [-0.4, -0.2) is 39.6 Å². The van der Waals surface area contributed by atoms with Gasteiger partial charge in [0.25, 0.3) is 0 Å². The highest BCUT2D eigenvalue weighted by Crippen LogP contribution is 2.42. The standard InChI is InChI=1S/C32H36O6/c1-6-33-17-20-36-28-13-9-26(10-14-28)30-23-24(4)32(38-22-19-35-8-3)25(5)31(30)27-11-15-29(16-12-27)37-21-18-34-7-2/h6-16,23H,1-3,17-22H2,4-5H3. The van der Waals surface area contributed by atoms with Crippen molar-refractivity contribution in [2.75, 3.05) is 39.6 Å². The van der Waals surface area contributed by atoms with Gasteiger partial charge in [-0.3, -0.25) is 0 Å². The number of hydrogen-bond donors (Lipinski definition) is 0. The molecule has 3 aromatic carbocycles. The largest absolute Gasteiger partial charge is 0.498 e. The van der Waals surface area contributed by atoms with E-state index in [1.54, 1.807) is 0 Å². The molecule has 3 rings (SSSR count). The van der Waals surface area contributed by atoms with Crippen molar-refractivity contribution < 1.29 is 28.4 Å². The highest BCUT2D eigenvalue weighted by molar-refractivity contribution is 5.88. The molecule has 0 aromatic heterocycles. The fourth-order valence-corrected chi connectivity index (χ4v) is 4.09. The quantitative estimate of drug-likeness (QED) is 0.139. The van der Waals surface area contributed by atoms with E-state index >= 15 is 0 Å². The number of hydrogen-bond acceptors (Lipinski definition) is 6. The summed E-state index contributed by atoms with van der Waals surface area (Å²) in [6, 6.07) is 18.3. The van der Waals surface area contributed by atoms with Crippen molar-refractivity contribution in [1.82, 2.24) is 0 Å². The van der Waals surface area contributed by atoms with E-state index in [0.29, 0.717) is 39.6 Å². The summed E-state index contributed by atoms with van der Waals surface area (Å²) in [5.74, 6) is 2.40. The summed E-state index contributed by atoms with van der Waals surface area (Å²) in [5.41, 5.74) is 6.41. The first-order valence-electron chi connectivity index (χ1n) is 12.5. The van der Waals surface area contributed by atoms with Crippen molar-refractivity contribution in [2.24, 2.45) is 0 Å². The van der Waals surface area contributed by atoms with Crippen LogP contribution >= 0.6 is 0 Å². The van der Waals surface area contributed by atoms with Crippen molar-refractivity contribution in [3.63, 3.8) is 0 Å². The molecule has 0 N–H and O–H groups in total. The van der Waals surface area contributed by atoms with Crippen molar-refractivity contribution in [1.29, 1.82) is 0 Å². The Kier molecular flexibility index (Phi) is 11.2. The lowest BCUT2D eigenvalue weighted by Crippen LogP contribution is -2.07. The SMILES string of the molecule is C=COCCOc1ccc(-c2cc(C)c(OCCOC=C)c(C)c2-c2ccc(OCCOC=C)cc2)cc1. The fraction of sp³-hybridized carbons (Fsp3) is 0.250. The summed E-state index contributed by atoms with van der Waals surface area (Å²) < 4.78 is 33.2. The van der Waals surface area contributed by atoms with Crippen LogP contribution in [0.2, 0.25) is 0 Å². The van der Waals surface area contributed by atoms with Crippen molar-refractivity contribution >= 4 is 0 Å². The maximum atomic E-state index is 6.15. The minimum absolute atomic E-state index is 0.424. The van der Waals surface area contributed by atoms with Crippen LogP contribution in [0.15, 0.2) is 93.1 Å². The highest BCUT2D eigenvalue weighted by Gasteiger charge is 2.18. The summed E-state index contributed by atoms with van der Waals surface area (Å²) in [6.45, 7) is 17.5. The van der Waals surface area contributed by atoms with E-state index in [4.69, 9.17) is 28.4 Å². The molecule has 0 unspecified atom stereocenters. The Morgan fingerprint density at radius 3 is 1.50 bits per heavy atom. The van der Waals surface area contributed by atoms with Crippen LogP contribution in [0.5, 0.6) is 17.2 Å². The van der Waals surface area contributed by atoms with Gasteiger partial charge >= 0.3 is 0 Å². The molecule has 0 aliphatic heterocycles. The summed E-state index contributed by atoms with van der Waals surface area (Å²) in [6.07, 6.45) is 4.24. The lowest BCUT2D eigenvalue weighted by atomic mass is 9.88. The predicted octanol–water partition coefficient (Wildman–Crippen LogP) is 7.25. The summed E-state index contributed by atoms with van der Waals surface area (Å²) >= 11 is 0. The smallest absolute Gasteiger partial charge is 0.125 e. The van der Waals surface area contributed by atoms with Gasteiger partial charge in [-0.1, -0.05) is 44.0 Å². The molecule has 200 valence electrons. The maximum absolute atomic E-state index is 6.15. The van der Waals surface area contributed by atoms with Gasteiger partial charge in [0, 0.05) is 0 Å². The van der Waals surface area contributed by atoms with Crippen LogP contribution in [0.1, 0.15) is 11.1 Å². The van der Waals surface area contributed by atoms with Crippen LogP contribution in [0.4, 0.5) is 0 Å². The Balaban J connectivity index is 1.94. The molecule has 0 atom stereocenters. The predicted molar refractivity (Wildman–Crippen MR) is 152 cm³/mol. The summed E-state index contributed by atoms with van der Waals surface area (Å²) in [5, 5.41) is 0. The van der Waals surface area contributed by atoms with Gasteiger partial charge in [-0.05, 0) is 77.6 Å². The van der Waals surface area contributed by atoms with Gasteiger partial charge in [0.05, 0.1) is 18.8 Å². The van der Waals surface area contributed by atoms with Gasteiger partial charge in [-0.25, -0.2) is 0 Å². The molecule has 38 heavy (non-hydrogen) atoms. The van der Waals surface area contributed by atoms with Gasteiger partial charge in [-0.2, -0.15) is 0 Å². The van der Waals surface area contributed by atoms with Gasteiger partial charge in [0.2, 0.25) is 0 Å². The van der Waals surface area contributed by atoms with Gasteiger partial charge in [0.15, 0.2) is 0 Å². The molecule has 0 amide bonds. The summed E-state index contributed by atoms with van der Waals surface area (Å²) in [7, 11) is 0. The zero-order valence-electron chi connectivity index (χ0n) is 22.2. The van der Waals surface area contributed by atoms with Gasteiger partial charge in [-0.15, -0.1) is 0 Å². The van der Waals surface area contributed by atoms with Crippen LogP contribution in [0.25, 0.3) is 22.3 Å². The third-order valence-corrected chi connectivity index (χ3v) is 5.75. The number of aryl methyl sites for hydroxylation is 1. The van der Waals surface area contributed by atoms with E-state index in [0.717, 1.165) is 50.6 Å². The minimum Gasteiger partial charge on any atom is -0.498 e. The molecular weight excluding hydrogens is 480 g/mol. The zero-order chi connectivity index (χ0) is 27.2. The van der Waals surface area contributed by atoms with Crippen molar-refractivity contribution in [3.05, 3.63) is 104 Å².